The van der Waals surface area contributed by atoms with Crippen molar-refractivity contribution < 1.29 is 19.4 Å². The van der Waals surface area contributed by atoms with Gasteiger partial charge in [0.05, 0.1) is 6.61 Å². The van der Waals surface area contributed by atoms with Gasteiger partial charge in [-0.15, -0.1) is 0 Å². The van der Waals surface area contributed by atoms with Gasteiger partial charge in [0.1, 0.15) is 0 Å². The van der Waals surface area contributed by atoms with Crippen LogP contribution in [0.5, 0.6) is 0 Å². The van der Waals surface area contributed by atoms with Crippen LogP contribution in [0.25, 0.3) is 0 Å². The van der Waals surface area contributed by atoms with Crippen molar-refractivity contribution in [2.24, 2.45) is 17.8 Å². The predicted molar refractivity (Wildman–Crippen MR) is 242 cm³/mol. The van der Waals surface area contributed by atoms with Crippen LogP contribution in [-0.4, -0.2) is 48.7 Å². The summed E-state index contributed by atoms with van der Waals surface area (Å²) in [5.41, 5.74) is 0. The molecule has 0 spiro atoms. The van der Waals surface area contributed by atoms with E-state index in [4.69, 9.17) is 14.6 Å². The molecule has 5 nitrogen and oxygen atoms in total. The van der Waals surface area contributed by atoms with Crippen LogP contribution in [-0.2, 0) is 14.3 Å². The van der Waals surface area contributed by atoms with Crippen LogP contribution >= 0.6 is 0 Å². The molecule has 0 fully saturated rings. The second-order valence-corrected chi connectivity index (χ2v) is 17.2. The van der Waals surface area contributed by atoms with Crippen LogP contribution in [0.2, 0.25) is 0 Å². The van der Waals surface area contributed by atoms with Crippen molar-refractivity contribution in [3.63, 3.8) is 0 Å². The molecule has 0 bridgehead atoms. The highest BCUT2D eigenvalue weighted by atomic mass is 16.5. The minimum Gasteiger partial charge on any atom is -0.483 e. The minimum atomic E-state index is -0.250. The Morgan fingerprint density at radius 3 is 1.09 bits per heavy atom. The smallest absolute Gasteiger partial charge is 0.306 e. The van der Waals surface area contributed by atoms with Crippen molar-refractivity contribution in [1.82, 2.24) is 4.90 Å². The average molecular weight is 780 g/mol. The Labute approximate surface area is 346 Å². The lowest BCUT2D eigenvalue weighted by Gasteiger charge is -2.21. The van der Waals surface area contributed by atoms with E-state index in [0.717, 1.165) is 18.3 Å². The summed E-state index contributed by atoms with van der Waals surface area (Å²) in [7, 11) is 0. The lowest BCUT2D eigenvalue weighted by molar-refractivity contribution is -0.145. The van der Waals surface area contributed by atoms with Gasteiger partial charge in [0.25, 0.3) is 6.47 Å². The van der Waals surface area contributed by atoms with Crippen molar-refractivity contribution in [1.29, 1.82) is 0 Å². The van der Waals surface area contributed by atoms with E-state index in [1.165, 1.54) is 232 Å². The van der Waals surface area contributed by atoms with E-state index in [1.807, 2.05) is 0 Å². The molecule has 0 aliphatic rings. The molecule has 1 unspecified atom stereocenters. The van der Waals surface area contributed by atoms with Gasteiger partial charge in [0.15, 0.2) is 0 Å². The number of carboxylic acid groups (broad SMARTS) is 1. The number of esters is 1. The van der Waals surface area contributed by atoms with E-state index < -0.39 is 0 Å². The van der Waals surface area contributed by atoms with Crippen LogP contribution < -0.4 is 0 Å². The van der Waals surface area contributed by atoms with Crippen LogP contribution in [0.4, 0.5) is 0 Å². The lowest BCUT2D eigenvalue weighted by Crippen LogP contribution is -2.24. The second-order valence-electron chi connectivity index (χ2n) is 17.2. The van der Waals surface area contributed by atoms with Gasteiger partial charge in [0, 0.05) is 6.42 Å². The van der Waals surface area contributed by atoms with Crippen molar-refractivity contribution in [2.75, 3.05) is 26.2 Å². The molecule has 0 aromatic carbocycles. The lowest BCUT2D eigenvalue weighted by atomic mass is 9.89. The zero-order valence-corrected chi connectivity index (χ0v) is 38.5. The highest BCUT2D eigenvalue weighted by Crippen LogP contribution is 2.26. The van der Waals surface area contributed by atoms with E-state index in [-0.39, 0.29) is 12.4 Å². The summed E-state index contributed by atoms with van der Waals surface area (Å²) in [6.07, 6.45) is 47.2. The Bertz CT molecular complexity index is 721. The Balaban J connectivity index is 0. The van der Waals surface area contributed by atoms with Gasteiger partial charge >= 0.3 is 5.97 Å². The first kappa shape index (κ1) is 56.0. The van der Waals surface area contributed by atoms with Crippen molar-refractivity contribution in [3.8, 4) is 0 Å². The fourth-order valence-corrected chi connectivity index (χ4v) is 8.56. The highest BCUT2D eigenvalue weighted by molar-refractivity contribution is 5.69. The van der Waals surface area contributed by atoms with Gasteiger partial charge in [0.2, 0.25) is 0 Å². The molecule has 1 atom stereocenters. The van der Waals surface area contributed by atoms with E-state index in [9.17, 15) is 4.79 Å². The number of carbonyl (C=O) groups excluding carboxylic acids is 1. The summed E-state index contributed by atoms with van der Waals surface area (Å²) in [5.74, 6) is 2.53. The molecule has 55 heavy (non-hydrogen) atoms. The maximum Gasteiger partial charge on any atom is 0.306 e. The third-order valence-corrected chi connectivity index (χ3v) is 12.3. The van der Waals surface area contributed by atoms with Crippen LogP contribution in [0.3, 0.4) is 0 Å². The SMILES string of the molecule is CCCCCC(CCCCC)CCCCCCCCCC(CCCCCCCCOC(=O)CC(CCCCC)CCCCC)CCCN(CC)CC.O=CO. The molecule has 0 heterocycles. The van der Waals surface area contributed by atoms with E-state index in [0.29, 0.717) is 18.9 Å². The molecular weight excluding hydrogens is 679 g/mol. The number of unbranched alkanes of at least 4 members (excludes halogenated alkanes) is 19. The predicted octanol–water partition coefficient (Wildman–Crippen LogP) is 16.2. The number of hydrogen-bond acceptors (Lipinski definition) is 4. The number of nitrogens with zero attached hydrogens (tertiary/aromatic N) is 1. The normalized spacial score (nSPS) is 12.0. The van der Waals surface area contributed by atoms with Gasteiger partial charge in [-0.3, -0.25) is 9.59 Å². The molecule has 0 rings (SSSR count). The Hall–Kier alpha value is -1.10. The third-order valence-electron chi connectivity index (χ3n) is 12.3. The molecule has 0 aromatic heterocycles. The van der Waals surface area contributed by atoms with Crippen LogP contribution in [0, 0.1) is 17.8 Å². The van der Waals surface area contributed by atoms with Crippen molar-refractivity contribution >= 4 is 12.4 Å². The number of ether oxygens (including phenoxy) is 1. The summed E-state index contributed by atoms with van der Waals surface area (Å²) >= 11 is 0. The fourth-order valence-electron chi connectivity index (χ4n) is 8.56. The van der Waals surface area contributed by atoms with Crippen molar-refractivity contribution in [2.45, 2.75) is 266 Å². The Morgan fingerprint density at radius 2 is 0.745 bits per heavy atom. The molecule has 5 heteroatoms. The Kier molecular flexibility index (Phi) is 48.1. The molecule has 330 valence electrons. The molecule has 1 N–H and O–H groups in total. The number of carbonyl (C=O) groups is 2. The van der Waals surface area contributed by atoms with Crippen LogP contribution in [0.15, 0.2) is 0 Å². The molecule has 0 saturated carbocycles. The summed E-state index contributed by atoms with van der Waals surface area (Å²) in [4.78, 5) is 23.5. The first-order valence-corrected chi connectivity index (χ1v) is 24.9. The largest absolute Gasteiger partial charge is 0.483 e. The topological polar surface area (TPSA) is 66.8 Å². The quantitative estimate of drug-likeness (QED) is 0.0379. The maximum absolute atomic E-state index is 12.5. The standard InChI is InChI=1S/C49H99NO2.CH2O2/c1-7-13-26-35-46(36-27-14-8-2)37-30-22-18-17-19-23-31-38-47(42-34-43-50(11-5)12-6)39-32-24-20-21-25-33-44-52-49(51)45-48(40-28-15-9-3)41-29-16-10-4;2-1-3/h46-48H,7-45H2,1-6H3;1H,(H,2,3). The number of hydrogen-bond donors (Lipinski definition) is 1. The van der Waals surface area contributed by atoms with E-state index in [1.54, 1.807) is 0 Å². The molecule has 0 aliphatic carbocycles. The van der Waals surface area contributed by atoms with Gasteiger partial charge < -0.3 is 14.7 Å². The first-order chi connectivity index (χ1) is 26.9. The zero-order valence-electron chi connectivity index (χ0n) is 38.5. The van der Waals surface area contributed by atoms with E-state index >= 15 is 0 Å². The van der Waals surface area contributed by atoms with Gasteiger partial charge in [-0.2, -0.15) is 0 Å². The fraction of sp³-hybridized carbons (Fsp3) is 0.960. The van der Waals surface area contributed by atoms with Gasteiger partial charge in [-0.25, -0.2) is 0 Å². The van der Waals surface area contributed by atoms with Crippen LogP contribution in [0.1, 0.15) is 266 Å². The van der Waals surface area contributed by atoms with Crippen molar-refractivity contribution in [3.05, 3.63) is 0 Å². The van der Waals surface area contributed by atoms with E-state index in [2.05, 4.69) is 46.4 Å². The first-order valence-electron chi connectivity index (χ1n) is 24.9. The van der Waals surface area contributed by atoms with Gasteiger partial charge in [-0.1, -0.05) is 228 Å². The molecular formula is C50H101NO4. The monoisotopic (exact) mass is 780 g/mol. The van der Waals surface area contributed by atoms with Gasteiger partial charge in [-0.05, 0) is 69.5 Å². The maximum atomic E-state index is 12.5. The highest BCUT2D eigenvalue weighted by Gasteiger charge is 2.15. The summed E-state index contributed by atoms with van der Waals surface area (Å²) in [5, 5.41) is 6.89. The zero-order chi connectivity index (χ0) is 40.9. The molecule has 0 aromatic rings. The summed E-state index contributed by atoms with van der Waals surface area (Å²) in [6.45, 7) is 17.9. The Morgan fingerprint density at radius 1 is 0.455 bits per heavy atom. The molecule has 0 radical (unpaired) electrons. The molecule has 0 amide bonds. The number of rotatable bonds is 43. The third kappa shape index (κ3) is 42.3. The second kappa shape index (κ2) is 47.3. The summed E-state index contributed by atoms with van der Waals surface area (Å²) in [6, 6.07) is 0. The minimum absolute atomic E-state index is 0.0553. The molecule has 0 aliphatic heterocycles. The molecule has 0 saturated heterocycles. The summed E-state index contributed by atoms with van der Waals surface area (Å²) < 4.78 is 5.69. The average Bonchev–Trinajstić information content (AvgIpc) is 3.18.